The smallest absolute Gasteiger partial charge is 0.435 e. The van der Waals surface area contributed by atoms with Gasteiger partial charge >= 0.3 is 12.4 Å². The molecule has 188 valence electrons. The van der Waals surface area contributed by atoms with Gasteiger partial charge in [0.2, 0.25) is 0 Å². The fourth-order valence-corrected chi connectivity index (χ4v) is 3.90. The number of H-pyrrole nitrogens is 1. The number of halogens is 8. The first kappa shape index (κ1) is 25.7. The van der Waals surface area contributed by atoms with Crippen molar-refractivity contribution in [1.29, 1.82) is 0 Å². The summed E-state index contributed by atoms with van der Waals surface area (Å²) in [5.41, 5.74) is -1.71. The Kier molecular flexibility index (Phi) is 6.85. The third-order valence-corrected chi connectivity index (χ3v) is 5.87. The van der Waals surface area contributed by atoms with Crippen molar-refractivity contribution in [3.63, 3.8) is 0 Å². The number of alkyl halides is 6. The zero-order valence-corrected chi connectivity index (χ0v) is 19.4. The van der Waals surface area contributed by atoms with Crippen LogP contribution in [0.4, 0.5) is 32.0 Å². The molecule has 12 heteroatoms. The van der Waals surface area contributed by atoms with Crippen LogP contribution in [0.5, 0.6) is 5.75 Å². The number of benzene rings is 3. The predicted molar refractivity (Wildman–Crippen MR) is 125 cm³/mol. The van der Waals surface area contributed by atoms with Crippen molar-refractivity contribution < 1.29 is 31.4 Å². The lowest BCUT2D eigenvalue weighted by molar-refractivity contribution is -0.141. The van der Waals surface area contributed by atoms with Gasteiger partial charge in [-0.05, 0) is 53.6 Å². The number of aromatic hydroxyl groups is 1. The lowest BCUT2D eigenvalue weighted by Crippen LogP contribution is -2.06. The normalized spacial score (nSPS) is 12.1. The Bertz CT molecular complexity index is 1400. The van der Waals surface area contributed by atoms with Crippen LogP contribution in [0.15, 0.2) is 60.7 Å². The number of nitrogens with one attached hydrogen (secondary N) is 2. The zero-order valence-electron chi connectivity index (χ0n) is 17.9. The van der Waals surface area contributed by atoms with Gasteiger partial charge in [-0.25, -0.2) is 0 Å². The van der Waals surface area contributed by atoms with E-state index >= 15 is 0 Å². The minimum absolute atomic E-state index is 0.0553. The number of nitrogens with zero attached hydrogens (tertiary/aromatic N) is 1. The highest BCUT2D eigenvalue weighted by Gasteiger charge is 2.35. The molecule has 0 saturated heterocycles. The maximum absolute atomic E-state index is 13.5. The van der Waals surface area contributed by atoms with Crippen molar-refractivity contribution in [2.24, 2.45) is 0 Å². The summed E-state index contributed by atoms with van der Waals surface area (Å²) in [6.45, 7) is 0.213. The second kappa shape index (κ2) is 9.59. The number of phenols is 1. The summed E-state index contributed by atoms with van der Waals surface area (Å²) in [6.07, 6.45) is -9.51. The van der Waals surface area contributed by atoms with E-state index in [1.165, 1.54) is 18.2 Å². The molecule has 4 nitrogen and oxygen atoms in total. The van der Waals surface area contributed by atoms with Crippen LogP contribution in [0, 0.1) is 0 Å². The average Bonchev–Trinajstić information content (AvgIpc) is 3.29. The highest BCUT2D eigenvalue weighted by atomic mass is 35.5. The van der Waals surface area contributed by atoms with Crippen molar-refractivity contribution in [2.45, 2.75) is 18.9 Å². The van der Waals surface area contributed by atoms with E-state index in [9.17, 15) is 31.4 Å². The molecule has 0 saturated carbocycles. The van der Waals surface area contributed by atoms with Crippen LogP contribution in [0.1, 0.15) is 16.8 Å². The molecule has 0 aliphatic carbocycles. The van der Waals surface area contributed by atoms with Crippen LogP contribution in [-0.4, -0.2) is 15.3 Å². The molecule has 1 aromatic heterocycles. The van der Waals surface area contributed by atoms with Gasteiger partial charge in [0.05, 0.1) is 16.3 Å². The lowest BCUT2D eigenvalue weighted by atomic mass is 9.96. The van der Waals surface area contributed by atoms with E-state index in [0.29, 0.717) is 11.1 Å². The minimum atomic E-state index is -4.78. The van der Waals surface area contributed by atoms with Crippen molar-refractivity contribution in [3.8, 4) is 28.1 Å². The van der Waals surface area contributed by atoms with E-state index in [4.69, 9.17) is 23.2 Å². The molecule has 0 aliphatic rings. The second-order valence-electron chi connectivity index (χ2n) is 7.72. The zero-order chi connectivity index (χ0) is 26.3. The standard InChI is InChI=1S/C24H15Cl2F6N3O/c25-14-4-1-12(2-5-14)11-33-18-8-6-15(19-10-20(35-34-19)24(30,31)32)22(36)21(18)13-3-7-17(26)16(9-13)23(27,28)29/h1-10,33,36H,11H2,(H,34,35). The summed E-state index contributed by atoms with van der Waals surface area (Å²) in [6, 6.07) is 13.3. The molecule has 36 heavy (non-hydrogen) atoms. The van der Waals surface area contributed by atoms with Gasteiger partial charge in [-0.3, -0.25) is 5.10 Å². The summed E-state index contributed by atoms with van der Waals surface area (Å²) >= 11 is 11.6. The molecular formula is C24H15Cl2F6N3O. The van der Waals surface area contributed by atoms with E-state index in [2.05, 4.69) is 15.5 Å². The highest BCUT2D eigenvalue weighted by molar-refractivity contribution is 6.31. The molecule has 0 radical (unpaired) electrons. The van der Waals surface area contributed by atoms with Gasteiger partial charge in [-0.15, -0.1) is 0 Å². The summed E-state index contributed by atoms with van der Waals surface area (Å²) in [5, 5.41) is 19.5. The van der Waals surface area contributed by atoms with Crippen LogP contribution >= 0.6 is 23.2 Å². The Morgan fingerprint density at radius 3 is 2.17 bits per heavy atom. The molecule has 1 heterocycles. The van der Waals surface area contributed by atoms with Crippen LogP contribution in [-0.2, 0) is 18.9 Å². The van der Waals surface area contributed by atoms with Gasteiger partial charge in [0.15, 0.2) is 5.69 Å². The Morgan fingerprint density at radius 2 is 1.56 bits per heavy atom. The molecule has 0 fully saturated rings. The first-order chi connectivity index (χ1) is 16.8. The SMILES string of the molecule is Oc1c(-c2cc(C(F)(F)F)n[nH]2)ccc(NCc2ccc(Cl)cc2)c1-c1ccc(Cl)c(C(F)(F)F)c1. The average molecular weight is 546 g/mol. The Balaban J connectivity index is 1.84. The van der Waals surface area contributed by atoms with Crippen LogP contribution in [0.25, 0.3) is 22.4 Å². The van der Waals surface area contributed by atoms with Gasteiger partial charge < -0.3 is 10.4 Å². The summed E-state index contributed by atoms with van der Waals surface area (Å²) in [5.74, 6) is -0.552. The van der Waals surface area contributed by atoms with Gasteiger partial charge in [0, 0.05) is 28.4 Å². The second-order valence-corrected chi connectivity index (χ2v) is 8.56. The van der Waals surface area contributed by atoms with Crippen LogP contribution < -0.4 is 5.32 Å². The molecular weight excluding hydrogens is 531 g/mol. The number of anilines is 1. The monoisotopic (exact) mass is 545 g/mol. The number of hydrogen-bond donors (Lipinski definition) is 3. The highest BCUT2D eigenvalue weighted by Crippen LogP contribution is 2.46. The molecule has 0 aliphatic heterocycles. The fourth-order valence-electron chi connectivity index (χ4n) is 3.55. The first-order valence-electron chi connectivity index (χ1n) is 10.2. The van der Waals surface area contributed by atoms with Gasteiger partial charge in [-0.2, -0.15) is 31.4 Å². The van der Waals surface area contributed by atoms with E-state index in [-0.39, 0.29) is 34.6 Å². The molecule has 0 atom stereocenters. The largest absolute Gasteiger partial charge is 0.507 e. The molecule has 4 rings (SSSR count). The van der Waals surface area contributed by atoms with E-state index in [0.717, 1.165) is 17.7 Å². The van der Waals surface area contributed by atoms with Crippen LogP contribution in [0.2, 0.25) is 10.0 Å². The Labute approximate surface area is 210 Å². The fraction of sp³-hybridized carbons (Fsp3) is 0.125. The molecule has 3 N–H and O–H groups in total. The maximum Gasteiger partial charge on any atom is 0.435 e. The lowest BCUT2D eigenvalue weighted by Gasteiger charge is -2.18. The topological polar surface area (TPSA) is 60.9 Å². The quantitative estimate of drug-likeness (QED) is 0.220. The third kappa shape index (κ3) is 5.39. The number of rotatable bonds is 5. The van der Waals surface area contributed by atoms with Crippen molar-refractivity contribution in [3.05, 3.63) is 87.5 Å². The molecule has 0 spiro atoms. The maximum atomic E-state index is 13.5. The molecule has 0 bridgehead atoms. The number of phenolic OH excluding ortho intramolecular Hbond substituents is 1. The first-order valence-corrected chi connectivity index (χ1v) is 10.9. The van der Waals surface area contributed by atoms with Crippen molar-refractivity contribution in [2.75, 3.05) is 5.32 Å². The molecule has 0 amide bonds. The number of hydrogen-bond acceptors (Lipinski definition) is 3. The van der Waals surface area contributed by atoms with Crippen molar-refractivity contribution >= 4 is 28.9 Å². The summed E-state index contributed by atoms with van der Waals surface area (Å²) < 4.78 is 79.6. The number of aromatic nitrogens is 2. The van der Waals surface area contributed by atoms with Crippen molar-refractivity contribution in [1.82, 2.24) is 10.2 Å². The van der Waals surface area contributed by atoms with E-state index in [1.54, 1.807) is 24.3 Å². The predicted octanol–water partition coefficient (Wildman–Crippen LogP) is 8.41. The van der Waals surface area contributed by atoms with Crippen LogP contribution in [0.3, 0.4) is 0 Å². The minimum Gasteiger partial charge on any atom is -0.507 e. The number of aromatic amines is 1. The third-order valence-electron chi connectivity index (χ3n) is 5.29. The van der Waals surface area contributed by atoms with Gasteiger partial charge in [0.25, 0.3) is 0 Å². The Morgan fingerprint density at radius 1 is 0.861 bits per heavy atom. The Hall–Kier alpha value is -3.37. The van der Waals surface area contributed by atoms with E-state index < -0.39 is 34.4 Å². The van der Waals surface area contributed by atoms with Gasteiger partial charge in [0.1, 0.15) is 5.75 Å². The molecule has 3 aromatic carbocycles. The molecule has 4 aromatic rings. The summed E-state index contributed by atoms with van der Waals surface area (Å²) in [7, 11) is 0. The summed E-state index contributed by atoms with van der Waals surface area (Å²) in [4.78, 5) is 0. The van der Waals surface area contributed by atoms with E-state index in [1.807, 2.05) is 0 Å². The molecule has 0 unspecified atom stereocenters. The van der Waals surface area contributed by atoms with Gasteiger partial charge in [-0.1, -0.05) is 41.4 Å².